The van der Waals surface area contributed by atoms with Crippen LogP contribution in [0.15, 0.2) is 42.6 Å². The molecule has 172 valence electrons. The number of morpholine rings is 1. The molecule has 1 aliphatic heterocycles. The number of carbonyl (C=O) groups excluding carboxylic acids is 1. The second kappa shape index (κ2) is 9.74. The maximum absolute atomic E-state index is 14.0. The Labute approximate surface area is 187 Å². The lowest BCUT2D eigenvalue weighted by Gasteiger charge is -2.28. The molecule has 33 heavy (non-hydrogen) atoms. The molecule has 8 nitrogen and oxygen atoms in total. The Morgan fingerprint density at radius 1 is 1.06 bits per heavy atom. The van der Waals surface area contributed by atoms with Crippen LogP contribution in [0.3, 0.4) is 0 Å². The minimum atomic E-state index is -1.32. The van der Waals surface area contributed by atoms with Crippen molar-refractivity contribution < 1.29 is 22.7 Å². The number of primary amides is 1. The number of ether oxygens (including phenoxy) is 1. The first-order chi connectivity index (χ1) is 15.9. The Morgan fingerprint density at radius 2 is 1.76 bits per heavy atom. The molecule has 1 saturated heterocycles. The third kappa shape index (κ3) is 5.14. The second-order valence-corrected chi connectivity index (χ2v) is 7.27. The van der Waals surface area contributed by atoms with Gasteiger partial charge in [0.05, 0.1) is 18.8 Å². The SMILES string of the molecule is NC(=O)c1cnc(Nc2ccc(N3CCOCC3)cc2)nc1NCc1c(F)ccc(F)c1F. The molecular formula is C22H21F3N6O2. The van der Waals surface area contributed by atoms with Crippen LogP contribution in [-0.2, 0) is 11.3 Å². The minimum absolute atomic E-state index is 0.0481. The van der Waals surface area contributed by atoms with Gasteiger partial charge in [0, 0.05) is 42.8 Å². The molecule has 0 spiro atoms. The van der Waals surface area contributed by atoms with E-state index < -0.39 is 35.5 Å². The smallest absolute Gasteiger partial charge is 0.254 e. The number of hydrogen-bond donors (Lipinski definition) is 3. The molecule has 0 bridgehead atoms. The van der Waals surface area contributed by atoms with E-state index >= 15 is 0 Å². The highest BCUT2D eigenvalue weighted by Gasteiger charge is 2.17. The molecule has 4 rings (SSSR count). The highest BCUT2D eigenvalue weighted by molar-refractivity contribution is 5.97. The lowest BCUT2D eigenvalue weighted by atomic mass is 10.2. The van der Waals surface area contributed by atoms with Crippen molar-refractivity contribution in [1.82, 2.24) is 9.97 Å². The molecule has 1 amide bonds. The van der Waals surface area contributed by atoms with Crippen LogP contribution in [-0.4, -0.2) is 42.2 Å². The molecule has 1 aliphatic rings. The monoisotopic (exact) mass is 458 g/mol. The van der Waals surface area contributed by atoms with Gasteiger partial charge in [0.25, 0.3) is 5.91 Å². The quantitative estimate of drug-likeness (QED) is 0.467. The Balaban J connectivity index is 1.51. The maximum atomic E-state index is 14.0. The first-order valence-electron chi connectivity index (χ1n) is 10.2. The summed E-state index contributed by atoms with van der Waals surface area (Å²) in [5.41, 5.74) is 6.48. The topological polar surface area (TPSA) is 105 Å². The predicted octanol–water partition coefficient (Wildman–Crippen LogP) is 3.19. The standard InChI is InChI=1S/C22H21F3N6O2/c23-17-5-6-18(24)19(25)15(17)11-27-21-16(20(26)32)12-28-22(30-21)29-13-1-3-14(4-2-13)31-7-9-33-10-8-31/h1-6,12H,7-11H2,(H2,26,32)(H2,27,28,29,30). The fourth-order valence-corrected chi connectivity index (χ4v) is 3.37. The molecule has 4 N–H and O–H groups in total. The molecule has 1 fully saturated rings. The minimum Gasteiger partial charge on any atom is -0.378 e. The molecular weight excluding hydrogens is 437 g/mol. The van der Waals surface area contributed by atoms with E-state index in [0.717, 1.165) is 24.8 Å². The van der Waals surface area contributed by atoms with Gasteiger partial charge in [-0.2, -0.15) is 4.98 Å². The zero-order valence-electron chi connectivity index (χ0n) is 17.4. The number of nitrogens with zero attached hydrogens (tertiary/aromatic N) is 3. The van der Waals surface area contributed by atoms with Crippen LogP contribution in [0, 0.1) is 17.5 Å². The van der Waals surface area contributed by atoms with Crippen molar-refractivity contribution in [3.63, 3.8) is 0 Å². The number of carbonyl (C=O) groups is 1. The van der Waals surface area contributed by atoms with Crippen molar-refractivity contribution >= 4 is 29.0 Å². The summed E-state index contributed by atoms with van der Waals surface area (Å²) < 4.78 is 46.7. The van der Waals surface area contributed by atoms with Crippen LogP contribution in [0.5, 0.6) is 0 Å². The number of nitrogens with one attached hydrogen (secondary N) is 2. The van der Waals surface area contributed by atoms with E-state index in [1.54, 1.807) is 0 Å². The van der Waals surface area contributed by atoms with Gasteiger partial charge in [-0.1, -0.05) is 0 Å². The van der Waals surface area contributed by atoms with Crippen LogP contribution in [0.2, 0.25) is 0 Å². The van der Waals surface area contributed by atoms with Crippen molar-refractivity contribution in [3.05, 3.63) is 71.2 Å². The lowest BCUT2D eigenvalue weighted by molar-refractivity contribution is 0.100. The molecule has 0 unspecified atom stereocenters. The highest BCUT2D eigenvalue weighted by Crippen LogP contribution is 2.23. The van der Waals surface area contributed by atoms with Gasteiger partial charge in [0.1, 0.15) is 11.6 Å². The summed E-state index contributed by atoms with van der Waals surface area (Å²) >= 11 is 0. The largest absolute Gasteiger partial charge is 0.378 e. The third-order valence-corrected chi connectivity index (χ3v) is 5.13. The summed E-state index contributed by atoms with van der Waals surface area (Å²) in [6.45, 7) is 2.52. The molecule has 1 aromatic heterocycles. The first kappa shape index (κ1) is 22.3. The number of anilines is 4. The maximum Gasteiger partial charge on any atom is 0.254 e. The number of benzene rings is 2. The Bertz CT molecular complexity index is 1150. The number of hydrogen-bond acceptors (Lipinski definition) is 7. The van der Waals surface area contributed by atoms with Crippen molar-refractivity contribution in [1.29, 1.82) is 0 Å². The molecule has 0 radical (unpaired) electrons. The molecule has 3 aromatic rings. The Hall–Kier alpha value is -3.86. The van der Waals surface area contributed by atoms with E-state index in [1.165, 1.54) is 6.20 Å². The summed E-state index contributed by atoms with van der Waals surface area (Å²) in [4.78, 5) is 22.2. The molecule has 0 atom stereocenters. The van der Waals surface area contributed by atoms with Gasteiger partial charge in [-0.05, 0) is 36.4 Å². The molecule has 0 aliphatic carbocycles. The number of rotatable bonds is 7. The van der Waals surface area contributed by atoms with Crippen LogP contribution in [0.25, 0.3) is 0 Å². The van der Waals surface area contributed by atoms with Crippen molar-refractivity contribution in [2.75, 3.05) is 41.8 Å². The van der Waals surface area contributed by atoms with Crippen LogP contribution < -0.4 is 21.3 Å². The molecule has 11 heteroatoms. The lowest BCUT2D eigenvalue weighted by Crippen LogP contribution is -2.36. The third-order valence-electron chi connectivity index (χ3n) is 5.13. The summed E-state index contributed by atoms with van der Waals surface area (Å²) in [5.74, 6) is -4.20. The second-order valence-electron chi connectivity index (χ2n) is 7.27. The van der Waals surface area contributed by atoms with Gasteiger partial charge in [0.15, 0.2) is 11.6 Å². The van der Waals surface area contributed by atoms with Crippen molar-refractivity contribution in [2.24, 2.45) is 5.73 Å². The first-order valence-corrected chi connectivity index (χ1v) is 10.2. The Kier molecular flexibility index (Phi) is 6.59. The fraction of sp³-hybridized carbons (Fsp3) is 0.227. The average molecular weight is 458 g/mol. The van der Waals surface area contributed by atoms with Crippen molar-refractivity contribution in [2.45, 2.75) is 6.54 Å². The average Bonchev–Trinajstić information content (AvgIpc) is 2.82. The predicted molar refractivity (Wildman–Crippen MR) is 117 cm³/mol. The van der Waals surface area contributed by atoms with E-state index in [0.29, 0.717) is 25.0 Å². The van der Waals surface area contributed by atoms with E-state index in [-0.39, 0.29) is 17.3 Å². The summed E-state index contributed by atoms with van der Waals surface area (Å²) in [5, 5.41) is 5.65. The summed E-state index contributed by atoms with van der Waals surface area (Å²) in [6, 6.07) is 9.10. The van der Waals surface area contributed by atoms with E-state index in [1.807, 2.05) is 24.3 Å². The zero-order chi connectivity index (χ0) is 23.4. The number of halogens is 3. The van der Waals surface area contributed by atoms with E-state index in [2.05, 4.69) is 25.5 Å². The number of amides is 1. The van der Waals surface area contributed by atoms with Crippen LogP contribution >= 0.6 is 0 Å². The van der Waals surface area contributed by atoms with Gasteiger partial charge in [0.2, 0.25) is 5.95 Å². The zero-order valence-corrected chi connectivity index (χ0v) is 17.4. The van der Waals surface area contributed by atoms with Gasteiger partial charge in [-0.15, -0.1) is 0 Å². The summed E-state index contributed by atoms with van der Waals surface area (Å²) in [6.07, 6.45) is 1.19. The van der Waals surface area contributed by atoms with Gasteiger partial charge >= 0.3 is 0 Å². The molecule has 0 saturated carbocycles. The number of aromatic nitrogens is 2. The number of nitrogens with two attached hydrogens (primary N) is 1. The van der Waals surface area contributed by atoms with Gasteiger partial charge in [-0.3, -0.25) is 4.79 Å². The summed E-state index contributed by atoms with van der Waals surface area (Å²) in [7, 11) is 0. The van der Waals surface area contributed by atoms with E-state index in [4.69, 9.17) is 10.5 Å². The Morgan fingerprint density at radius 3 is 2.45 bits per heavy atom. The fourth-order valence-electron chi connectivity index (χ4n) is 3.37. The van der Waals surface area contributed by atoms with Crippen molar-refractivity contribution in [3.8, 4) is 0 Å². The normalized spacial score (nSPS) is 13.6. The highest BCUT2D eigenvalue weighted by atomic mass is 19.2. The van der Waals surface area contributed by atoms with Gasteiger partial charge in [-0.25, -0.2) is 18.2 Å². The van der Waals surface area contributed by atoms with E-state index in [9.17, 15) is 18.0 Å². The van der Waals surface area contributed by atoms with Gasteiger partial charge < -0.3 is 26.0 Å². The van der Waals surface area contributed by atoms with Crippen LogP contribution in [0.1, 0.15) is 15.9 Å². The molecule has 2 aromatic carbocycles. The van der Waals surface area contributed by atoms with Crippen LogP contribution in [0.4, 0.5) is 36.3 Å². The molecule has 2 heterocycles.